The van der Waals surface area contributed by atoms with Gasteiger partial charge in [-0.1, -0.05) is 23.7 Å². The summed E-state index contributed by atoms with van der Waals surface area (Å²) >= 11 is 5.90. The molecule has 172 valence electrons. The molecule has 1 saturated heterocycles. The highest BCUT2D eigenvalue weighted by atomic mass is 35.5. The number of ether oxygens (including phenoxy) is 2. The predicted molar refractivity (Wildman–Crippen MR) is 125 cm³/mol. The molecule has 0 unspecified atom stereocenters. The van der Waals surface area contributed by atoms with Gasteiger partial charge in [-0.05, 0) is 48.9 Å². The number of morpholine rings is 1. The second-order valence-corrected chi connectivity index (χ2v) is 7.96. The number of hydrogen-bond acceptors (Lipinski definition) is 5. The Hall–Kier alpha value is -3.36. The number of carbonyl (C=O) groups excluding carboxylic acids is 2. The van der Waals surface area contributed by atoms with Crippen LogP contribution in [0.5, 0.6) is 5.75 Å². The summed E-state index contributed by atoms with van der Waals surface area (Å²) in [4.78, 5) is 27.8. The highest BCUT2D eigenvalue weighted by Gasteiger charge is 2.26. The number of nitrogens with one attached hydrogen (secondary N) is 1. The smallest absolute Gasteiger partial charge is 0.274 e. The molecule has 0 radical (unpaired) electrons. The Bertz CT molecular complexity index is 1120. The fraction of sp³-hybridized carbons (Fsp3) is 0.292. The molecule has 1 aromatic heterocycles. The second-order valence-electron chi connectivity index (χ2n) is 7.52. The number of aromatic nitrogens is 2. The number of amides is 2. The van der Waals surface area contributed by atoms with Gasteiger partial charge in [0.05, 0.1) is 25.1 Å². The Balaban J connectivity index is 1.47. The van der Waals surface area contributed by atoms with Crippen molar-refractivity contribution >= 4 is 29.1 Å². The molecular formula is C24H25ClN4O4. The maximum atomic E-state index is 13.1. The first-order chi connectivity index (χ1) is 16.0. The number of carbonyl (C=O) groups is 2. The van der Waals surface area contributed by atoms with Crippen LogP contribution in [0, 0.1) is 0 Å². The lowest BCUT2D eigenvalue weighted by Gasteiger charge is -2.27. The van der Waals surface area contributed by atoms with Crippen molar-refractivity contribution in [3.63, 3.8) is 0 Å². The maximum absolute atomic E-state index is 13.1. The molecule has 1 aliphatic heterocycles. The fourth-order valence-electron chi connectivity index (χ4n) is 3.55. The van der Waals surface area contributed by atoms with E-state index in [1.54, 1.807) is 52.0 Å². The lowest BCUT2D eigenvalue weighted by atomic mass is 10.1. The van der Waals surface area contributed by atoms with Crippen LogP contribution in [0.4, 0.5) is 5.69 Å². The molecule has 2 amide bonds. The third kappa shape index (κ3) is 5.53. The van der Waals surface area contributed by atoms with Gasteiger partial charge in [-0.25, -0.2) is 0 Å². The fourth-order valence-corrected chi connectivity index (χ4v) is 3.68. The minimum atomic E-state index is -0.324. The zero-order valence-electron chi connectivity index (χ0n) is 18.3. The van der Waals surface area contributed by atoms with Crippen LogP contribution in [0.15, 0.2) is 54.7 Å². The summed E-state index contributed by atoms with van der Waals surface area (Å²) in [5, 5.41) is 7.77. The zero-order chi connectivity index (χ0) is 23.2. The average molecular weight is 469 g/mol. The van der Waals surface area contributed by atoms with Crippen LogP contribution in [0.1, 0.15) is 33.3 Å². The molecule has 0 atom stereocenters. The highest BCUT2D eigenvalue weighted by Crippen LogP contribution is 2.21. The van der Waals surface area contributed by atoms with E-state index in [-0.39, 0.29) is 11.8 Å². The van der Waals surface area contributed by atoms with Crippen LogP contribution in [0.3, 0.4) is 0 Å². The molecular weight excluding hydrogens is 444 g/mol. The Morgan fingerprint density at radius 3 is 2.64 bits per heavy atom. The van der Waals surface area contributed by atoms with Crippen molar-refractivity contribution in [1.29, 1.82) is 0 Å². The molecule has 1 N–H and O–H groups in total. The third-order valence-corrected chi connectivity index (χ3v) is 5.55. The van der Waals surface area contributed by atoms with E-state index in [1.165, 1.54) is 6.20 Å². The van der Waals surface area contributed by atoms with Crippen LogP contribution < -0.4 is 10.1 Å². The molecule has 0 saturated carbocycles. The lowest BCUT2D eigenvalue weighted by Crippen LogP contribution is -2.41. The molecule has 0 spiro atoms. The molecule has 3 aromatic rings. The van der Waals surface area contributed by atoms with Crippen LogP contribution in [-0.4, -0.2) is 52.8 Å². The van der Waals surface area contributed by atoms with Gasteiger partial charge in [0.15, 0.2) is 0 Å². The molecule has 9 heteroatoms. The normalized spacial score (nSPS) is 13.6. The van der Waals surface area contributed by atoms with Crippen LogP contribution in [0.25, 0.3) is 0 Å². The van der Waals surface area contributed by atoms with Gasteiger partial charge in [0.1, 0.15) is 18.1 Å². The number of rotatable bonds is 7. The maximum Gasteiger partial charge on any atom is 0.274 e. The van der Waals surface area contributed by atoms with E-state index in [1.807, 2.05) is 13.0 Å². The van der Waals surface area contributed by atoms with E-state index in [9.17, 15) is 9.59 Å². The average Bonchev–Trinajstić information content (AvgIpc) is 3.26. The molecule has 2 aromatic carbocycles. The SMILES string of the molecule is CCn1ncc(NC(=O)c2cccc(COc3ccc(Cl)cc3)c2)c1C(=O)N1CCOCC1. The molecule has 1 aliphatic rings. The standard InChI is InChI=1S/C24H25ClN4O4/c1-2-29-22(24(31)28-10-12-32-13-11-28)21(15-26-29)27-23(30)18-5-3-4-17(14-18)16-33-20-8-6-19(25)7-9-20/h3-9,14-15H,2,10-13,16H2,1H3,(H,27,30). The van der Waals surface area contributed by atoms with Gasteiger partial charge in [0.2, 0.25) is 0 Å². The number of hydrogen-bond donors (Lipinski definition) is 1. The van der Waals surface area contributed by atoms with Crippen molar-refractivity contribution in [3.8, 4) is 5.75 Å². The van der Waals surface area contributed by atoms with E-state index >= 15 is 0 Å². The lowest BCUT2D eigenvalue weighted by molar-refractivity contribution is 0.0295. The second kappa shape index (κ2) is 10.5. The number of nitrogens with zero attached hydrogens (tertiary/aromatic N) is 3. The molecule has 2 heterocycles. The van der Waals surface area contributed by atoms with Crippen molar-refractivity contribution in [2.24, 2.45) is 0 Å². The summed E-state index contributed by atoms with van der Waals surface area (Å²) in [6.45, 7) is 4.74. The first kappa shape index (κ1) is 22.8. The minimum absolute atomic E-state index is 0.168. The van der Waals surface area contributed by atoms with Gasteiger partial charge in [0.25, 0.3) is 11.8 Å². The molecule has 0 aliphatic carbocycles. The van der Waals surface area contributed by atoms with Gasteiger partial charge in [-0.15, -0.1) is 0 Å². The van der Waals surface area contributed by atoms with E-state index in [0.29, 0.717) is 67.2 Å². The van der Waals surface area contributed by atoms with Gasteiger partial charge in [-0.2, -0.15) is 5.10 Å². The molecule has 33 heavy (non-hydrogen) atoms. The highest BCUT2D eigenvalue weighted by molar-refractivity contribution is 6.30. The largest absolute Gasteiger partial charge is 0.489 e. The van der Waals surface area contributed by atoms with Crippen molar-refractivity contribution in [2.45, 2.75) is 20.1 Å². The Morgan fingerprint density at radius 1 is 1.15 bits per heavy atom. The number of aryl methyl sites for hydroxylation is 1. The topological polar surface area (TPSA) is 85.7 Å². The van der Waals surface area contributed by atoms with E-state index < -0.39 is 0 Å². The van der Waals surface area contributed by atoms with Gasteiger partial charge in [-0.3, -0.25) is 14.3 Å². The predicted octanol–water partition coefficient (Wildman–Crippen LogP) is 3.86. The summed E-state index contributed by atoms with van der Waals surface area (Å²) in [5.74, 6) is 0.195. The summed E-state index contributed by atoms with van der Waals surface area (Å²) in [7, 11) is 0. The van der Waals surface area contributed by atoms with Crippen molar-refractivity contribution in [2.75, 3.05) is 31.6 Å². The first-order valence-electron chi connectivity index (χ1n) is 10.8. The Kier molecular flexibility index (Phi) is 7.26. The van der Waals surface area contributed by atoms with Crippen molar-refractivity contribution in [3.05, 3.63) is 76.6 Å². The summed E-state index contributed by atoms with van der Waals surface area (Å²) < 4.78 is 12.7. The van der Waals surface area contributed by atoms with Crippen molar-refractivity contribution in [1.82, 2.24) is 14.7 Å². The van der Waals surface area contributed by atoms with Gasteiger partial charge < -0.3 is 19.7 Å². The van der Waals surface area contributed by atoms with Crippen LogP contribution in [-0.2, 0) is 17.9 Å². The number of halogens is 1. The summed E-state index contributed by atoms with van der Waals surface area (Å²) in [6.07, 6.45) is 1.52. The third-order valence-electron chi connectivity index (χ3n) is 5.30. The summed E-state index contributed by atoms with van der Waals surface area (Å²) in [5.41, 5.74) is 2.06. The van der Waals surface area contributed by atoms with Gasteiger partial charge in [0, 0.05) is 30.2 Å². The zero-order valence-corrected chi connectivity index (χ0v) is 19.0. The molecule has 0 bridgehead atoms. The van der Waals surface area contributed by atoms with E-state index in [4.69, 9.17) is 21.1 Å². The molecule has 8 nitrogen and oxygen atoms in total. The first-order valence-corrected chi connectivity index (χ1v) is 11.1. The quantitative estimate of drug-likeness (QED) is 0.569. The van der Waals surface area contributed by atoms with Crippen molar-refractivity contribution < 1.29 is 19.1 Å². The summed E-state index contributed by atoms with van der Waals surface area (Å²) in [6, 6.07) is 14.3. The van der Waals surface area contributed by atoms with Crippen LogP contribution >= 0.6 is 11.6 Å². The Morgan fingerprint density at radius 2 is 1.91 bits per heavy atom. The Labute approximate surface area is 197 Å². The molecule has 4 rings (SSSR count). The van der Waals surface area contributed by atoms with E-state index in [0.717, 1.165) is 5.56 Å². The number of benzene rings is 2. The van der Waals surface area contributed by atoms with Gasteiger partial charge >= 0.3 is 0 Å². The van der Waals surface area contributed by atoms with E-state index in [2.05, 4.69) is 10.4 Å². The minimum Gasteiger partial charge on any atom is -0.489 e. The molecule has 1 fully saturated rings. The van der Waals surface area contributed by atoms with Crippen LogP contribution in [0.2, 0.25) is 5.02 Å². The number of anilines is 1. The monoisotopic (exact) mass is 468 g/mol.